The lowest BCUT2D eigenvalue weighted by molar-refractivity contribution is 0.103. The van der Waals surface area contributed by atoms with Gasteiger partial charge in [-0.2, -0.15) is 0 Å². The summed E-state index contributed by atoms with van der Waals surface area (Å²) in [6.07, 6.45) is 0.976. The van der Waals surface area contributed by atoms with Crippen molar-refractivity contribution in [3.63, 3.8) is 0 Å². The molecule has 18 heavy (non-hydrogen) atoms. The largest absolute Gasteiger partial charge is 0.384 e. The van der Waals surface area contributed by atoms with Gasteiger partial charge in [-0.15, -0.1) is 0 Å². The molecule has 0 aromatic heterocycles. The second-order valence-electron chi connectivity index (χ2n) is 4.36. The fourth-order valence-corrected chi connectivity index (χ4v) is 2.23. The minimum atomic E-state index is -0.476. The van der Waals surface area contributed by atoms with E-state index in [1.807, 2.05) is 6.07 Å². The van der Waals surface area contributed by atoms with Gasteiger partial charge in [-0.05, 0) is 30.2 Å². The van der Waals surface area contributed by atoms with E-state index in [-0.39, 0.29) is 11.3 Å². The SMILES string of the molecule is O=C(c1ccc2c(c1)NCC2)c1ccccc1F. The first-order valence-corrected chi connectivity index (χ1v) is 5.92. The fourth-order valence-electron chi connectivity index (χ4n) is 2.23. The van der Waals surface area contributed by atoms with Gasteiger partial charge in [0, 0.05) is 17.8 Å². The molecule has 90 valence electrons. The molecule has 1 N–H and O–H groups in total. The first kappa shape index (κ1) is 11.0. The summed E-state index contributed by atoms with van der Waals surface area (Å²) in [6, 6.07) is 11.6. The van der Waals surface area contributed by atoms with Crippen molar-refractivity contribution in [2.24, 2.45) is 0 Å². The van der Waals surface area contributed by atoms with Crippen LogP contribution >= 0.6 is 0 Å². The number of nitrogens with one attached hydrogen (secondary N) is 1. The number of hydrogen-bond donors (Lipinski definition) is 1. The molecule has 1 aliphatic rings. The molecule has 2 nitrogen and oxygen atoms in total. The highest BCUT2D eigenvalue weighted by Crippen LogP contribution is 2.24. The van der Waals surface area contributed by atoms with Gasteiger partial charge in [-0.25, -0.2) is 4.39 Å². The predicted octanol–water partition coefficient (Wildman–Crippen LogP) is 3.02. The highest BCUT2D eigenvalue weighted by molar-refractivity contribution is 6.09. The zero-order valence-corrected chi connectivity index (χ0v) is 9.74. The minimum absolute atomic E-state index is 0.121. The summed E-state index contributed by atoms with van der Waals surface area (Å²) in [5.74, 6) is -0.749. The molecule has 2 aromatic rings. The Morgan fingerprint density at radius 3 is 2.83 bits per heavy atom. The maximum atomic E-state index is 13.6. The summed E-state index contributed by atoms with van der Waals surface area (Å²) < 4.78 is 13.6. The van der Waals surface area contributed by atoms with Crippen LogP contribution in [0.1, 0.15) is 21.5 Å². The van der Waals surface area contributed by atoms with Crippen molar-refractivity contribution in [2.75, 3.05) is 11.9 Å². The normalized spacial score (nSPS) is 12.9. The van der Waals surface area contributed by atoms with E-state index in [0.29, 0.717) is 5.56 Å². The highest BCUT2D eigenvalue weighted by atomic mass is 19.1. The van der Waals surface area contributed by atoms with Crippen molar-refractivity contribution in [2.45, 2.75) is 6.42 Å². The lowest BCUT2D eigenvalue weighted by Gasteiger charge is -2.05. The zero-order valence-electron chi connectivity index (χ0n) is 9.74. The first-order chi connectivity index (χ1) is 8.75. The van der Waals surface area contributed by atoms with Gasteiger partial charge in [-0.3, -0.25) is 4.79 Å². The quantitative estimate of drug-likeness (QED) is 0.819. The smallest absolute Gasteiger partial charge is 0.196 e. The van der Waals surface area contributed by atoms with Crippen molar-refractivity contribution in [1.82, 2.24) is 0 Å². The summed E-state index contributed by atoms with van der Waals surface area (Å²) in [5, 5.41) is 3.22. The molecule has 0 fully saturated rings. The Labute approximate surface area is 104 Å². The summed E-state index contributed by atoms with van der Waals surface area (Å²) in [4.78, 5) is 12.2. The number of carbonyl (C=O) groups excluding carboxylic acids is 1. The van der Waals surface area contributed by atoms with Gasteiger partial charge in [-0.1, -0.05) is 24.3 Å². The van der Waals surface area contributed by atoms with Crippen LogP contribution in [0.15, 0.2) is 42.5 Å². The maximum Gasteiger partial charge on any atom is 0.196 e. The second-order valence-corrected chi connectivity index (χ2v) is 4.36. The van der Waals surface area contributed by atoms with Crippen molar-refractivity contribution in [3.8, 4) is 0 Å². The average molecular weight is 241 g/mol. The molecule has 0 saturated carbocycles. The number of fused-ring (bicyclic) bond motifs is 1. The van der Waals surface area contributed by atoms with Crippen molar-refractivity contribution in [3.05, 3.63) is 65.0 Å². The van der Waals surface area contributed by atoms with Gasteiger partial charge in [0.15, 0.2) is 5.78 Å². The number of hydrogen-bond acceptors (Lipinski definition) is 2. The molecule has 0 unspecified atom stereocenters. The molecule has 2 aromatic carbocycles. The molecule has 0 radical (unpaired) electrons. The van der Waals surface area contributed by atoms with Crippen LogP contribution in [0, 0.1) is 5.82 Å². The number of carbonyl (C=O) groups is 1. The molecule has 0 spiro atoms. The van der Waals surface area contributed by atoms with Crippen LogP contribution in [0.2, 0.25) is 0 Å². The van der Waals surface area contributed by atoms with E-state index in [0.717, 1.165) is 18.7 Å². The fraction of sp³-hybridized carbons (Fsp3) is 0.133. The molecule has 0 atom stereocenters. The van der Waals surface area contributed by atoms with Crippen molar-refractivity contribution < 1.29 is 9.18 Å². The van der Waals surface area contributed by atoms with E-state index in [9.17, 15) is 9.18 Å². The van der Waals surface area contributed by atoms with Crippen LogP contribution in [0.3, 0.4) is 0 Å². The molecular formula is C15H12FNO. The number of rotatable bonds is 2. The molecule has 0 aliphatic carbocycles. The Balaban J connectivity index is 2.01. The van der Waals surface area contributed by atoms with Crippen LogP contribution in [0.25, 0.3) is 0 Å². The Hall–Kier alpha value is -2.16. The Morgan fingerprint density at radius 1 is 1.17 bits per heavy atom. The van der Waals surface area contributed by atoms with E-state index >= 15 is 0 Å². The van der Waals surface area contributed by atoms with Crippen molar-refractivity contribution in [1.29, 1.82) is 0 Å². The topological polar surface area (TPSA) is 29.1 Å². The van der Waals surface area contributed by atoms with E-state index in [1.54, 1.807) is 24.3 Å². The standard InChI is InChI=1S/C15H12FNO/c16-13-4-2-1-3-12(13)15(18)11-6-5-10-7-8-17-14(10)9-11/h1-6,9,17H,7-8H2. The van der Waals surface area contributed by atoms with Crippen LogP contribution in [-0.4, -0.2) is 12.3 Å². The number of halogens is 1. The van der Waals surface area contributed by atoms with Crippen LogP contribution in [0.5, 0.6) is 0 Å². The molecule has 1 aliphatic heterocycles. The summed E-state index contributed by atoms with van der Waals surface area (Å²) >= 11 is 0. The van der Waals surface area contributed by atoms with E-state index in [2.05, 4.69) is 5.32 Å². The third-order valence-corrected chi connectivity index (χ3v) is 3.20. The third-order valence-electron chi connectivity index (χ3n) is 3.20. The molecule has 3 heteroatoms. The molecule has 0 amide bonds. The van der Waals surface area contributed by atoms with Gasteiger partial charge in [0.2, 0.25) is 0 Å². The van der Waals surface area contributed by atoms with E-state index < -0.39 is 5.82 Å². The lowest BCUT2D eigenvalue weighted by atomic mass is 10.0. The molecule has 1 heterocycles. The van der Waals surface area contributed by atoms with Crippen LogP contribution in [-0.2, 0) is 6.42 Å². The van der Waals surface area contributed by atoms with Gasteiger partial charge in [0.25, 0.3) is 0 Å². The Bertz CT molecular complexity index is 622. The molecule has 3 rings (SSSR count). The first-order valence-electron chi connectivity index (χ1n) is 5.92. The average Bonchev–Trinajstić information content (AvgIpc) is 2.85. The Morgan fingerprint density at radius 2 is 2.00 bits per heavy atom. The van der Waals surface area contributed by atoms with E-state index in [4.69, 9.17) is 0 Å². The number of anilines is 1. The monoisotopic (exact) mass is 241 g/mol. The Kier molecular flexibility index (Phi) is 2.59. The van der Waals surface area contributed by atoms with Gasteiger partial charge >= 0.3 is 0 Å². The van der Waals surface area contributed by atoms with Gasteiger partial charge < -0.3 is 5.32 Å². The molecule has 0 bridgehead atoms. The number of benzene rings is 2. The van der Waals surface area contributed by atoms with Gasteiger partial charge in [0.1, 0.15) is 5.82 Å². The second kappa shape index (κ2) is 4.26. The summed E-state index contributed by atoms with van der Waals surface area (Å²) in [5.41, 5.74) is 2.83. The zero-order chi connectivity index (χ0) is 12.5. The third kappa shape index (κ3) is 1.78. The van der Waals surface area contributed by atoms with E-state index in [1.165, 1.54) is 17.7 Å². The van der Waals surface area contributed by atoms with Gasteiger partial charge in [0.05, 0.1) is 5.56 Å². The van der Waals surface area contributed by atoms with Crippen LogP contribution in [0.4, 0.5) is 10.1 Å². The summed E-state index contributed by atoms with van der Waals surface area (Å²) in [6.45, 7) is 0.896. The highest BCUT2D eigenvalue weighted by Gasteiger charge is 2.16. The predicted molar refractivity (Wildman–Crippen MR) is 68.5 cm³/mol. The lowest BCUT2D eigenvalue weighted by Crippen LogP contribution is -2.04. The van der Waals surface area contributed by atoms with Crippen LogP contribution < -0.4 is 5.32 Å². The molecular weight excluding hydrogens is 229 g/mol. The minimum Gasteiger partial charge on any atom is -0.384 e. The van der Waals surface area contributed by atoms with Crippen molar-refractivity contribution >= 4 is 11.5 Å². The maximum absolute atomic E-state index is 13.6. The molecule has 0 saturated heterocycles. The summed E-state index contributed by atoms with van der Waals surface area (Å²) in [7, 11) is 0. The number of ketones is 1.